The van der Waals surface area contributed by atoms with Crippen molar-refractivity contribution in [3.05, 3.63) is 41.2 Å². The molecule has 0 saturated heterocycles. The van der Waals surface area contributed by atoms with E-state index in [2.05, 4.69) is 13.0 Å². The van der Waals surface area contributed by atoms with Gasteiger partial charge in [0.1, 0.15) is 23.2 Å². The maximum absolute atomic E-state index is 12.9. The van der Waals surface area contributed by atoms with E-state index >= 15 is 0 Å². The van der Waals surface area contributed by atoms with Gasteiger partial charge in [0.2, 0.25) is 0 Å². The summed E-state index contributed by atoms with van der Waals surface area (Å²) in [7, 11) is 0. The van der Waals surface area contributed by atoms with Crippen molar-refractivity contribution in [2.45, 2.75) is 77.0 Å². The molecule has 3 rings (SSSR count). The summed E-state index contributed by atoms with van der Waals surface area (Å²) in [5.41, 5.74) is 0.364. The molecule has 0 bridgehead atoms. The highest BCUT2D eigenvalue weighted by atomic mass is 16.5. The maximum atomic E-state index is 12.9. The van der Waals surface area contributed by atoms with E-state index in [0.717, 1.165) is 19.3 Å². The first kappa shape index (κ1) is 22.2. The molecule has 0 fully saturated rings. The summed E-state index contributed by atoms with van der Waals surface area (Å²) in [5, 5.41) is 20.7. The Morgan fingerprint density at radius 3 is 2.70 bits per heavy atom. The fourth-order valence-electron chi connectivity index (χ4n) is 4.40. The van der Waals surface area contributed by atoms with Gasteiger partial charge in [-0.1, -0.05) is 40.0 Å². The Morgan fingerprint density at radius 1 is 1.27 bits per heavy atom. The molecule has 1 aromatic rings. The molecule has 0 aromatic heterocycles. The fraction of sp³-hybridized carbons (Fsp3) is 0.583. The van der Waals surface area contributed by atoms with Crippen molar-refractivity contribution >= 4 is 5.91 Å². The maximum Gasteiger partial charge on any atom is 0.251 e. The third-order valence-electron chi connectivity index (χ3n) is 6.32. The van der Waals surface area contributed by atoms with Crippen LogP contribution in [0.4, 0.5) is 0 Å². The van der Waals surface area contributed by atoms with Gasteiger partial charge in [0.15, 0.2) is 0 Å². The van der Waals surface area contributed by atoms with Crippen molar-refractivity contribution in [2.75, 3.05) is 13.2 Å². The van der Waals surface area contributed by atoms with Crippen LogP contribution in [0.5, 0.6) is 5.75 Å². The molecule has 1 aromatic carbocycles. The van der Waals surface area contributed by atoms with Crippen LogP contribution in [-0.4, -0.2) is 40.8 Å². The summed E-state index contributed by atoms with van der Waals surface area (Å²) in [6.45, 7) is 7.03. The Bertz CT molecular complexity index is 838. The Balaban J connectivity index is 1.85. The molecule has 0 spiro atoms. The first-order chi connectivity index (χ1) is 14.5. The van der Waals surface area contributed by atoms with E-state index in [-0.39, 0.29) is 5.91 Å². The molecule has 6 nitrogen and oxygen atoms in total. The number of hydrogen-bond acceptors (Lipinski definition) is 5. The Labute approximate surface area is 179 Å². The number of benzene rings is 1. The van der Waals surface area contributed by atoms with Gasteiger partial charge >= 0.3 is 0 Å². The van der Waals surface area contributed by atoms with Crippen LogP contribution in [0.25, 0.3) is 0 Å². The molecule has 162 valence electrons. The lowest BCUT2D eigenvalue weighted by atomic mass is 9.79. The summed E-state index contributed by atoms with van der Waals surface area (Å²) in [4.78, 5) is 14.5. The highest BCUT2D eigenvalue weighted by Crippen LogP contribution is 2.46. The van der Waals surface area contributed by atoms with Crippen molar-refractivity contribution in [1.29, 1.82) is 5.26 Å². The van der Waals surface area contributed by atoms with Crippen LogP contribution < -0.4 is 4.74 Å². The minimum atomic E-state index is -0.907. The number of carbonyl (C=O) groups excluding carboxylic acids is 1. The number of amides is 1. The topological polar surface area (TPSA) is 82.8 Å². The van der Waals surface area contributed by atoms with Gasteiger partial charge in [-0.25, -0.2) is 0 Å². The van der Waals surface area contributed by atoms with Crippen molar-refractivity contribution < 1.29 is 19.4 Å². The van der Waals surface area contributed by atoms with E-state index in [1.165, 1.54) is 12.5 Å². The number of nitrogens with zero attached hydrogens (tertiary/aromatic N) is 2. The smallest absolute Gasteiger partial charge is 0.251 e. The average molecular weight is 413 g/mol. The van der Waals surface area contributed by atoms with Gasteiger partial charge in [0.05, 0.1) is 30.8 Å². The molecule has 2 aliphatic rings. The zero-order valence-electron chi connectivity index (χ0n) is 18.2. The predicted octanol–water partition coefficient (Wildman–Crippen LogP) is 4.23. The van der Waals surface area contributed by atoms with Crippen LogP contribution in [0.2, 0.25) is 0 Å². The number of nitriles is 1. The van der Waals surface area contributed by atoms with Crippen LogP contribution in [0.1, 0.15) is 76.5 Å². The number of fused-ring (bicyclic) bond motifs is 1. The second-order valence-corrected chi connectivity index (χ2v) is 8.11. The highest BCUT2D eigenvalue weighted by Gasteiger charge is 2.51. The number of ether oxygens (including phenoxy) is 2. The highest BCUT2D eigenvalue weighted by molar-refractivity contribution is 5.91. The first-order valence-corrected chi connectivity index (χ1v) is 11.0. The van der Waals surface area contributed by atoms with E-state index in [4.69, 9.17) is 9.47 Å². The number of aliphatic hydroxyl groups is 1. The molecule has 0 unspecified atom stereocenters. The lowest BCUT2D eigenvalue weighted by Gasteiger charge is -2.48. The van der Waals surface area contributed by atoms with Crippen LogP contribution in [0, 0.1) is 11.3 Å². The van der Waals surface area contributed by atoms with Crippen LogP contribution in [-0.2, 0) is 9.53 Å². The summed E-state index contributed by atoms with van der Waals surface area (Å²) < 4.78 is 12.1. The summed E-state index contributed by atoms with van der Waals surface area (Å²) in [6, 6.07) is 6.74. The lowest BCUT2D eigenvalue weighted by molar-refractivity contribution is -0.142. The molecule has 0 saturated carbocycles. The van der Waals surface area contributed by atoms with Crippen molar-refractivity contribution in [3.8, 4) is 11.8 Å². The molecule has 0 aliphatic carbocycles. The minimum absolute atomic E-state index is 0.182. The predicted molar refractivity (Wildman–Crippen MR) is 114 cm³/mol. The third-order valence-corrected chi connectivity index (χ3v) is 6.32. The largest absolute Gasteiger partial charge is 0.496 e. The quantitative estimate of drug-likeness (QED) is 0.614. The van der Waals surface area contributed by atoms with Crippen molar-refractivity contribution in [2.24, 2.45) is 0 Å². The standard InChI is InChI=1S/C24H32N2O4/c1-4-7-8-9-12-29-18-14-21(27)26(16-18)22-19-13-17(15-25)10-11-20(19)30-24(5-2,6-3)23(22)28/h10-11,13-14,22-23,28H,4-9,12,16H2,1-3H3/t22-,23+/m0/s1. The molecule has 6 heteroatoms. The third kappa shape index (κ3) is 4.17. The van der Waals surface area contributed by atoms with E-state index in [1.807, 2.05) is 13.8 Å². The molecule has 1 N–H and O–H groups in total. The van der Waals surface area contributed by atoms with Crippen LogP contribution in [0.15, 0.2) is 30.0 Å². The lowest BCUT2D eigenvalue weighted by Crippen LogP contribution is -2.56. The summed E-state index contributed by atoms with van der Waals surface area (Å²) in [6.07, 6.45) is 6.24. The van der Waals surface area contributed by atoms with Crippen molar-refractivity contribution in [1.82, 2.24) is 4.90 Å². The molecule has 2 aliphatic heterocycles. The van der Waals surface area contributed by atoms with Crippen LogP contribution >= 0.6 is 0 Å². The van der Waals surface area contributed by atoms with E-state index < -0.39 is 17.7 Å². The molecule has 2 atom stereocenters. The zero-order chi connectivity index (χ0) is 21.7. The van der Waals surface area contributed by atoms with E-state index in [0.29, 0.717) is 48.6 Å². The van der Waals surface area contributed by atoms with Gasteiger partial charge < -0.3 is 19.5 Å². The zero-order valence-corrected chi connectivity index (χ0v) is 18.2. The molecule has 2 heterocycles. The molecule has 0 radical (unpaired) electrons. The van der Waals surface area contributed by atoms with Crippen molar-refractivity contribution in [3.63, 3.8) is 0 Å². The van der Waals surface area contributed by atoms with Gasteiger partial charge in [0, 0.05) is 11.6 Å². The number of rotatable bonds is 9. The Hall–Kier alpha value is -2.52. The number of unbranched alkanes of at least 4 members (excludes halogenated alkanes) is 3. The van der Waals surface area contributed by atoms with Crippen LogP contribution in [0.3, 0.4) is 0 Å². The van der Waals surface area contributed by atoms with E-state index in [9.17, 15) is 15.2 Å². The van der Waals surface area contributed by atoms with Gasteiger partial charge in [-0.3, -0.25) is 4.79 Å². The molecular weight excluding hydrogens is 380 g/mol. The number of hydrogen-bond donors (Lipinski definition) is 1. The first-order valence-electron chi connectivity index (χ1n) is 11.0. The minimum Gasteiger partial charge on any atom is -0.496 e. The number of carbonyl (C=O) groups is 1. The molecule has 30 heavy (non-hydrogen) atoms. The number of aliphatic hydroxyl groups excluding tert-OH is 1. The summed E-state index contributed by atoms with van der Waals surface area (Å²) in [5.74, 6) is 1.07. The second-order valence-electron chi connectivity index (χ2n) is 8.11. The van der Waals surface area contributed by atoms with Gasteiger partial charge in [-0.15, -0.1) is 0 Å². The average Bonchev–Trinajstić information content (AvgIpc) is 3.12. The van der Waals surface area contributed by atoms with E-state index in [1.54, 1.807) is 23.1 Å². The second kappa shape index (κ2) is 9.53. The van der Waals surface area contributed by atoms with Gasteiger partial charge in [0.25, 0.3) is 5.91 Å². The summed E-state index contributed by atoms with van der Waals surface area (Å²) >= 11 is 0. The SMILES string of the molecule is CCCCCCOC1=CC(=O)N([C@H]2c3cc(C#N)ccc3OC(CC)(CC)[C@@H]2O)C1. The Kier molecular flexibility index (Phi) is 7.04. The fourth-order valence-corrected chi connectivity index (χ4v) is 4.40. The molecule has 1 amide bonds. The van der Waals surface area contributed by atoms with Gasteiger partial charge in [-0.2, -0.15) is 5.26 Å². The Morgan fingerprint density at radius 2 is 2.03 bits per heavy atom. The van der Waals surface area contributed by atoms with Gasteiger partial charge in [-0.05, 0) is 37.5 Å². The molecular formula is C24H32N2O4. The monoisotopic (exact) mass is 412 g/mol. The normalized spacial score (nSPS) is 22.2.